The van der Waals surface area contributed by atoms with Crippen molar-refractivity contribution in [1.82, 2.24) is 15.1 Å². The van der Waals surface area contributed by atoms with Crippen LogP contribution in [-0.2, 0) is 6.54 Å². The maximum atomic E-state index is 13.9. The van der Waals surface area contributed by atoms with E-state index in [4.69, 9.17) is 0 Å². The zero-order valence-electron chi connectivity index (χ0n) is 12.5. The van der Waals surface area contributed by atoms with Gasteiger partial charge in [0.1, 0.15) is 5.82 Å². The first-order valence-electron chi connectivity index (χ1n) is 7.73. The number of piperazine rings is 1. The van der Waals surface area contributed by atoms with Crippen LogP contribution in [0.5, 0.6) is 0 Å². The van der Waals surface area contributed by atoms with Gasteiger partial charge in [0, 0.05) is 56.9 Å². The Balaban J connectivity index is 1.55. The van der Waals surface area contributed by atoms with Crippen molar-refractivity contribution in [1.29, 1.82) is 0 Å². The maximum Gasteiger partial charge on any atom is 0.272 e. The lowest BCUT2D eigenvalue weighted by Gasteiger charge is -2.37. The van der Waals surface area contributed by atoms with E-state index in [1.54, 1.807) is 0 Å². The van der Waals surface area contributed by atoms with Gasteiger partial charge in [0.2, 0.25) is 0 Å². The second-order valence-corrected chi connectivity index (χ2v) is 5.99. The van der Waals surface area contributed by atoms with Crippen LogP contribution in [0.2, 0.25) is 0 Å². The smallest absolute Gasteiger partial charge is 0.272 e. The predicted octanol–water partition coefficient (Wildman–Crippen LogP) is 1.21. The average molecular weight is 308 g/mol. The summed E-state index contributed by atoms with van der Waals surface area (Å²) in [7, 11) is 0. The summed E-state index contributed by atoms with van der Waals surface area (Å²) in [6.07, 6.45) is 1.21. The Labute approximate surface area is 129 Å². The monoisotopic (exact) mass is 308 g/mol. The van der Waals surface area contributed by atoms with Crippen LogP contribution >= 0.6 is 0 Å². The third-order valence-corrected chi connectivity index (χ3v) is 4.60. The lowest BCUT2D eigenvalue weighted by molar-refractivity contribution is -0.385. The summed E-state index contributed by atoms with van der Waals surface area (Å²) in [6, 6.07) is 4.55. The van der Waals surface area contributed by atoms with Crippen molar-refractivity contribution in [2.45, 2.75) is 19.0 Å². The van der Waals surface area contributed by atoms with E-state index in [1.165, 1.54) is 18.6 Å². The first-order valence-corrected chi connectivity index (χ1v) is 7.73. The van der Waals surface area contributed by atoms with E-state index in [2.05, 4.69) is 15.1 Å². The van der Waals surface area contributed by atoms with E-state index in [0.717, 1.165) is 45.3 Å². The predicted molar refractivity (Wildman–Crippen MR) is 81.2 cm³/mol. The van der Waals surface area contributed by atoms with Gasteiger partial charge in [-0.3, -0.25) is 19.9 Å². The van der Waals surface area contributed by atoms with Crippen LogP contribution in [0.25, 0.3) is 0 Å². The summed E-state index contributed by atoms with van der Waals surface area (Å²) >= 11 is 0. The Kier molecular flexibility index (Phi) is 4.66. The molecule has 1 aromatic rings. The fourth-order valence-corrected chi connectivity index (χ4v) is 3.26. The second-order valence-electron chi connectivity index (χ2n) is 5.99. The third-order valence-electron chi connectivity index (χ3n) is 4.60. The first kappa shape index (κ1) is 15.3. The Morgan fingerprint density at radius 2 is 2.09 bits per heavy atom. The zero-order chi connectivity index (χ0) is 15.5. The topological polar surface area (TPSA) is 61.7 Å². The molecule has 1 aromatic carbocycles. The Morgan fingerprint density at radius 3 is 2.68 bits per heavy atom. The Hall–Kier alpha value is -1.57. The molecule has 0 aromatic heterocycles. The molecule has 1 atom stereocenters. The van der Waals surface area contributed by atoms with Gasteiger partial charge in [-0.05, 0) is 19.0 Å². The summed E-state index contributed by atoms with van der Waals surface area (Å²) in [4.78, 5) is 14.8. The highest BCUT2D eigenvalue weighted by Gasteiger charge is 2.26. The minimum Gasteiger partial charge on any atom is -0.315 e. The van der Waals surface area contributed by atoms with Crippen LogP contribution in [0.15, 0.2) is 18.2 Å². The molecule has 2 fully saturated rings. The van der Waals surface area contributed by atoms with E-state index < -0.39 is 10.7 Å². The molecule has 0 radical (unpaired) electrons. The van der Waals surface area contributed by atoms with Crippen LogP contribution in [0, 0.1) is 15.9 Å². The zero-order valence-corrected chi connectivity index (χ0v) is 12.5. The van der Waals surface area contributed by atoms with Crippen molar-refractivity contribution < 1.29 is 9.31 Å². The van der Waals surface area contributed by atoms with Crippen molar-refractivity contribution in [2.24, 2.45) is 0 Å². The summed E-state index contributed by atoms with van der Waals surface area (Å²) in [5, 5.41) is 14.0. The van der Waals surface area contributed by atoms with Gasteiger partial charge >= 0.3 is 0 Å². The van der Waals surface area contributed by atoms with Gasteiger partial charge < -0.3 is 5.32 Å². The fourth-order valence-electron chi connectivity index (χ4n) is 3.26. The van der Waals surface area contributed by atoms with Crippen LogP contribution in [0.4, 0.5) is 10.1 Å². The molecular formula is C15H21FN4O2. The quantitative estimate of drug-likeness (QED) is 0.669. The maximum absolute atomic E-state index is 13.9. The molecule has 0 spiro atoms. The molecule has 1 N–H and O–H groups in total. The Bertz CT molecular complexity index is 540. The highest BCUT2D eigenvalue weighted by molar-refractivity contribution is 5.34. The Morgan fingerprint density at radius 1 is 1.32 bits per heavy atom. The average Bonchev–Trinajstić information content (AvgIpc) is 3.04. The minimum absolute atomic E-state index is 0.195. The molecule has 0 saturated carbocycles. The van der Waals surface area contributed by atoms with Gasteiger partial charge in [0.15, 0.2) is 0 Å². The molecule has 22 heavy (non-hydrogen) atoms. The number of hydrogen-bond donors (Lipinski definition) is 1. The number of non-ortho nitro benzene ring substituents is 1. The van der Waals surface area contributed by atoms with E-state index in [0.29, 0.717) is 18.2 Å². The summed E-state index contributed by atoms with van der Waals surface area (Å²) in [5.41, 5.74) is 0.335. The molecule has 1 unspecified atom stereocenters. The van der Waals surface area contributed by atoms with Crippen molar-refractivity contribution in [3.05, 3.63) is 39.7 Å². The van der Waals surface area contributed by atoms with Crippen LogP contribution in [0.3, 0.4) is 0 Å². The first-order chi connectivity index (χ1) is 10.6. The van der Waals surface area contributed by atoms with Gasteiger partial charge in [0.25, 0.3) is 5.69 Å². The van der Waals surface area contributed by atoms with Gasteiger partial charge in [-0.25, -0.2) is 4.39 Å². The lowest BCUT2D eigenvalue weighted by Crippen LogP contribution is -2.50. The second kappa shape index (κ2) is 6.68. The lowest BCUT2D eigenvalue weighted by atomic mass is 10.1. The van der Waals surface area contributed by atoms with E-state index in [-0.39, 0.29) is 5.69 Å². The minimum atomic E-state index is -0.568. The van der Waals surface area contributed by atoms with E-state index in [9.17, 15) is 14.5 Å². The number of nitro groups is 1. The molecule has 0 aliphatic carbocycles. The molecule has 2 saturated heterocycles. The molecule has 0 amide bonds. The van der Waals surface area contributed by atoms with Crippen molar-refractivity contribution in [3.8, 4) is 0 Å². The van der Waals surface area contributed by atoms with Crippen molar-refractivity contribution >= 4 is 5.69 Å². The van der Waals surface area contributed by atoms with Gasteiger partial charge in [-0.1, -0.05) is 0 Å². The molecular weight excluding hydrogens is 287 g/mol. The number of nitrogens with one attached hydrogen (secondary N) is 1. The molecule has 3 rings (SSSR count). The fraction of sp³-hybridized carbons (Fsp3) is 0.600. The standard InChI is InChI=1S/C15H21FN4O2/c16-15-9-13(20(21)22)2-1-12(15)11-18-5-7-19(8-6-18)14-3-4-17-10-14/h1-2,9,14,17H,3-8,10-11H2. The SMILES string of the molecule is O=[N+]([O-])c1ccc(CN2CCN(C3CCNC3)CC2)c(F)c1. The number of nitro benzene ring substituents is 1. The normalized spacial score (nSPS) is 23.8. The van der Waals surface area contributed by atoms with Gasteiger partial charge in [-0.15, -0.1) is 0 Å². The molecule has 6 nitrogen and oxygen atoms in total. The van der Waals surface area contributed by atoms with Gasteiger partial charge in [-0.2, -0.15) is 0 Å². The number of rotatable bonds is 4. The molecule has 7 heteroatoms. The van der Waals surface area contributed by atoms with E-state index >= 15 is 0 Å². The molecule has 2 aliphatic rings. The molecule has 2 aliphatic heterocycles. The molecule has 120 valence electrons. The molecule has 0 bridgehead atoms. The number of benzene rings is 1. The molecule has 2 heterocycles. The number of nitrogens with zero attached hydrogens (tertiary/aromatic N) is 3. The summed E-state index contributed by atoms with van der Waals surface area (Å²) in [5.74, 6) is -0.489. The highest BCUT2D eigenvalue weighted by atomic mass is 19.1. The number of hydrogen-bond acceptors (Lipinski definition) is 5. The van der Waals surface area contributed by atoms with Crippen LogP contribution < -0.4 is 5.32 Å². The largest absolute Gasteiger partial charge is 0.315 e. The number of halogens is 1. The highest BCUT2D eigenvalue weighted by Crippen LogP contribution is 2.19. The van der Waals surface area contributed by atoms with E-state index in [1.807, 2.05) is 0 Å². The van der Waals surface area contributed by atoms with Crippen molar-refractivity contribution in [2.75, 3.05) is 39.3 Å². The summed E-state index contributed by atoms with van der Waals surface area (Å²) < 4.78 is 13.9. The van der Waals surface area contributed by atoms with Gasteiger partial charge in [0.05, 0.1) is 11.0 Å². The van der Waals surface area contributed by atoms with Crippen molar-refractivity contribution in [3.63, 3.8) is 0 Å². The van der Waals surface area contributed by atoms with Crippen LogP contribution in [0.1, 0.15) is 12.0 Å². The van der Waals surface area contributed by atoms with Crippen LogP contribution in [-0.4, -0.2) is 60.0 Å². The third kappa shape index (κ3) is 3.43. The summed E-state index contributed by atoms with van der Waals surface area (Å²) in [6.45, 7) is 6.50.